The summed E-state index contributed by atoms with van der Waals surface area (Å²) in [6, 6.07) is 1.99. The van der Waals surface area contributed by atoms with E-state index >= 15 is 0 Å². The smallest absolute Gasteiger partial charge is 0.348 e. The highest BCUT2D eigenvalue weighted by Gasteiger charge is 2.18. The molecule has 1 aliphatic rings. The molecule has 0 N–H and O–H groups in total. The minimum absolute atomic E-state index is 0.0412. The zero-order valence-corrected chi connectivity index (χ0v) is 16.2. The van der Waals surface area contributed by atoms with Crippen LogP contribution in [0.2, 0.25) is 0 Å². The van der Waals surface area contributed by atoms with Crippen molar-refractivity contribution in [2.45, 2.75) is 52.6 Å². The summed E-state index contributed by atoms with van der Waals surface area (Å²) in [5, 5.41) is 2.47. The van der Waals surface area contributed by atoms with Crippen LogP contribution < -0.4 is 4.90 Å². The number of ether oxygens (including phenoxy) is 1. The number of carbonyl (C=O) groups is 2. The molecular formula is C18H22N2O3S2. The van der Waals surface area contributed by atoms with Crippen LogP contribution >= 0.6 is 22.7 Å². The molecule has 3 rings (SSSR count). The number of rotatable bonds is 5. The van der Waals surface area contributed by atoms with Crippen LogP contribution in [0, 0.1) is 0 Å². The molecule has 0 spiro atoms. The molecule has 1 amide bonds. The van der Waals surface area contributed by atoms with Crippen molar-refractivity contribution in [1.29, 1.82) is 0 Å². The van der Waals surface area contributed by atoms with E-state index in [2.05, 4.69) is 4.98 Å². The number of anilines is 1. The normalized spacial score (nSPS) is 13.8. The van der Waals surface area contributed by atoms with Gasteiger partial charge in [-0.25, -0.2) is 9.78 Å². The van der Waals surface area contributed by atoms with E-state index in [0.717, 1.165) is 12.8 Å². The Bertz CT molecular complexity index is 743. The van der Waals surface area contributed by atoms with Gasteiger partial charge in [-0.3, -0.25) is 9.69 Å². The maximum Gasteiger partial charge on any atom is 0.348 e. The first-order chi connectivity index (χ1) is 12.1. The molecule has 0 aliphatic heterocycles. The van der Waals surface area contributed by atoms with E-state index in [-0.39, 0.29) is 18.5 Å². The van der Waals surface area contributed by atoms with Gasteiger partial charge in [0, 0.05) is 23.7 Å². The highest BCUT2D eigenvalue weighted by atomic mass is 32.1. The number of nitrogens with zero attached hydrogens (tertiary/aromatic N) is 2. The lowest BCUT2D eigenvalue weighted by atomic mass is 10.1. The first kappa shape index (κ1) is 18.1. The van der Waals surface area contributed by atoms with Gasteiger partial charge in [0.1, 0.15) is 11.5 Å². The number of amides is 1. The predicted molar refractivity (Wildman–Crippen MR) is 101 cm³/mol. The number of aromatic nitrogens is 1. The molecule has 0 radical (unpaired) electrons. The summed E-state index contributed by atoms with van der Waals surface area (Å²) in [5.41, 5.74) is 1.98. The van der Waals surface area contributed by atoms with Gasteiger partial charge in [-0.15, -0.1) is 22.7 Å². The van der Waals surface area contributed by atoms with Gasteiger partial charge < -0.3 is 4.74 Å². The molecule has 2 aromatic rings. The molecule has 7 heteroatoms. The van der Waals surface area contributed by atoms with Crippen LogP contribution in [0.15, 0.2) is 11.4 Å². The number of aryl methyl sites for hydroxylation is 2. The Morgan fingerprint density at radius 3 is 2.84 bits per heavy atom. The number of thiophene rings is 1. The Morgan fingerprint density at radius 1 is 1.28 bits per heavy atom. The van der Waals surface area contributed by atoms with E-state index in [1.807, 2.05) is 18.4 Å². The maximum atomic E-state index is 12.3. The molecule has 0 saturated carbocycles. The number of carbonyl (C=O) groups excluding carboxylic acids is 2. The molecule has 134 valence electrons. The second kappa shape index (κ2) is 8.10. The Hall–Kier alpha value is -1.73. The molecule has 0 unspecified atom stereocenters. The van der Waals surface area contributed by atoms with Crippen LogP contribution in [-0.2, 0) is 29.0 Å². The Labute approximate surface area is 155 Å². The maximum absolute atomic E-state index is 12.3. The van der Waals surface area contributed by atoms with Crippen molar-refractivity contribution in [2.24, 2.45) is 0 Å². The molecule has 5 nitrogen and oxygen atoms in total. The van der Waals surface area contributed by atoms with Crippen LogP contribution in [-0.4, -0.2) is 23.4 Å². The van der Waals surface area contributed by atoms with Crippen molar-refractivity contribution in [2.75, 3.05) is 11.4 Å². The van der Waals surface area contributed by atoms with E-state index < -0.39 is 0 Å². The van der Waals surface area contributed by atoms with Crippen molar-refractivity contribution in [3.63, 3.8) is 0 Å². The average Bonchev–Trinajstić information content (AvgIpc) is 3.15. The van der Waals surface area contributed by atoms with Gasteiger partial charge in [0.15, 0.2) is 5.13 Å². The SMILES string of the molecule is CCN(C(C)=O)c1nc(COC(=O)c2cc3c(s2)CCCCC3)cs1. The lowest BCUT2D eigenvalue weighted by Crippen LogP contribution is -2.27. The second-order valence-corrected chi connectivity index (χ2v) is 8.05. The van der Waals surface area contributed by atoms with Crippen LogP contribution in [0.25, 0.3) is 0 Å². The fourth-order valence-electron chi connectivity index (χ4n) is 2.96. The van der Waals surface area contributed by atoms with Crippen molar-refractivity contribution >= 4 is 39.7 Å². The van der Waals surface area contributed by atoms with Gasteiger partial charge in [0.05, 0.1) is 5.69 Å². The molecule has 1 aliphatic carbocycles. The predicted octanol–water partition coefficient (Wildman–Crippen LogP) is 4.20. The van der Waals surface area contributed by atoms with Crippen LogP contribution in [0.4, 0.5) is 5.13 Å². The monoisotopic (exact) mass is 378 g/mol. The van der Waals surface area contributed by atoms with E-state index in [9.17, 15) is 9.59 Å². The summed E-state index contributed by atoms with van der Waals surface area (Å²) in [6.07, 6.45) is 5.80. The molecule has 0 atom stereocenters. The fourth-order valence-corrected chi connectivity index (χ4v) is 5.02. The zero-order chi connectivity index (χ0) is 17.8. The van der Waals surface area contributed by atoms with Crippen LogP contribution in [0.3, 0.4) is 0 Å². The quantitative estimate of drug-likeness (QED) is 0.578. The number of fused-ring (bicyclic) bond motifs is 1. The third kappa shape index (κ3) is 4.27. The summed E-state index contributed by atoms with van der Waals surface area (Å²) >= 11 is 2.95. The molecule has 0 bridgehead atoms. The van der Waals surface area contributed by atoms with E-state index in [4.69, 9.17) is 4.74 Å². The van der Waals surface area contributed by atoms with Gasteiger partial charge >= 0.3 is 5.97 Å². The number of hydrogen-bond acceptors (Lipinski definition) is 6. The summed E-state index contributed by atoms with van der Waals surface area (Å²) in [5.74, 6) is -0.327. The van der Waals surface area contributed by atoms with Gasteiger partial charge in [-0.05, 0) is 44.2 Å². The van der Waals surface area contributed by atoms with Gasteiger partial charge in [-0.1, -0.05) is 6.42 Å². The number of esters is 1. The van der Waals surface area contributed by atoms with E-state index in [0.29, 0.717) is 22.2 Å². The molecule has 0 fully saturated rings. The average molecular weight is 379 g/mol. The molecule has 25 heavy (non-hydrogen) atoms. The summed E-state index contributed by atoms with van der Waals surface area (Å²) < 4.78 is 5.42. The molecule has 2 aromatic heterocycles. The van der Waals surface area contributed by atoms with Gasteiger partial charge in [0.2, 0.25) is 5.91 Å². The Morgan fingerprint density at radius 2 is 2.08 bits per heavy atom. The van der Waals surface area contributed by atoms with Crippen molar-refractivity contribution in [3.8, 4) is 0 Å². The molecule has 2 heterocycles. The van der Waals surface area contributed by atoms with Gasteiger partial charge in [-0.2, -0.15) is 0 Å². The first-order valence-corrected chi connectivity index (χ1v) is 10.3. The highest BCUT2D eigenvalue weighted by molar-refractivity contribution is 7.14. The molecule has 0 saturated heterocycles. The van der Waals surface area contributed by atoms with E-state index in [1.165, 1.54) is 48.0 Å². The van der Waals surface area contributed by atoms with Crippen molar-refractivity contribution in [3.05, 3.63) is 32.5 Å². The fraction of sp³-hybridized carbons (Fsp3) is 0.500. The Kier molecular flexibility index (Phi) is 5.86. The van der Waals surface area contributed by atoms with E-state index in [1.54, 1.807) is 16.2 Å². The van der Waals surface area contributed by atoms with Crippen molar-refractivity contribution in [1.82, 2.24) is 4.98 Å². The van der Waals surface area contributed by atoms with Crippen LogP contribution in [0.1, 0.15) is 58.9 Å². The van der Waals surface area contributed by atoms with Crippen molar-refractivity contribution < 1.29 is 14.3 Å². The first-order valence-electron chi connectivity index (χ1n) is 8.59. The lowest BCUT2D eigenvalue weighted by molar-refractivity contribution is -0.116. The largest absolute Gasteiger partial charge is 0.455 e. The summed E-state index contributed by atoms with van der Waals surface area (Å²) in [6.45, 7) is 4.13. The topological polar surface area (TPSA) is 59.5 Å². The summed E-state index contributed by atoms with van der Waals surface area (Å²) in [7, 11) is 0. The third-order valence-corrected chi connectivity index (χ3v) is 6.40. The number of thiazole rings is 1. The molecule has 0 aromatic carbocycles. The summed E-state index contributed by atoms with van der Waals surface area (Å²) in [4.78, 5) is 31.9. The minimum Gasteiger partial charge on any atom is -0.455 e. The molecular weight excluding hydrogens is 356 g/mol. The third-order valence-electron chi connectivity index (χ3n) is 4.27. The lowest BCUT2D eigenvalue weighted by Gasteiger charge is -2.14. The Balaban J connectivity index is 1.61. The minimum atomic E-state index is -0.286. The highest BCUT2D eigenvalue weighted by Crippen LogP contribution is 2.29. The van der Waals surface area contributed by atoms with Crippen LogP contribution in [0.5, 0.6) is 0 Å². The standard InChI is InChI=1S/C18H22N2O3S2/c1-3-20(12(2)21)18-19-14(11-24-18)10-23-17(22)16-9-13-7-5-4-6-8-15(13)25-16/h9,11H,3-8,10H2,1-2H3. The zero-order valence-electron chi connectivity index (χ0n) is 14.5. The number of hydrogen-bond donors (Lipinski definition) is 0. The second-order valence-electron chi connectivity index (χ2n) is 6.08. The van der Waals surface area contributed by atoms with Gasteiger partial charge in [0.25, 0.3) is 0 Å².